The van der Waals surface area contributed by atoms with E-state index in [1.807, 2.05) is 0 Å². The summed E-state index contributed by atoms with van der Waals surface area (Å²) in [5, 5.41) is 0. The Morgan fingerprint density at radius 3 is 2.53 bits per heavy atom. The predicted octanol–water partition coefficient (Wildman–Crippen LogP) is 1.08. The summed E-state index contributed by atoms with van der Waals surface area (Å²) in [5.41, 5.74) is 5.35. The van der Waals surface area contributed by atoms with Gasteiger partial charge in [-0.05, 0) is 25.8 Å². The minimum Gasteiger partial charge on any atom is -0.378 e. The third-order valence-corrected chi connectivity index (χ3v) is 2.63. The van der Waals surface area contributed by atoms with Crippen LogP contribution in [0.1, 0.15) is 19.3 Å². The van der Waals surface area contributed by atoms with E-state index in [-0.39, 0.29) is 12.6 Å². The summed E-state index contributed by atoms with van der Waals surface area (Å²) >= 11 is 0. The molecule has 0 bridgehead atoms. The molecule has 0 unspecified atom stereocenters. The Hall–Kier alpha value is -0.260. The maximum absolute atomic E-state index is 12.1. The Kier molecular flexibility index (Phi) is 6.05. The van der Waals surface area contributed by atoms with Crippen LogP contribution in [-0.2, 0) is 4.74 Å². The molecule has 0 aromatic rings. The molecular formula is C10H20F2N2O. The molecule has 3 nitrogen and oxygen atoms in total. The lowest BCUT2D eigenvalue weighted by Crippen LogP contribution is -2.39. The molecule has 1 aliphatic rings. The van der Waals surface area contributed by atoms with Crippen molar-refractivity contribution in [2.24, 2.45) is 5.73 Å². The molecule has 0 aromatic carbocycles. The smallest absolute Gasteiger partial charge is 0.251 e. The van der Waals surface area contributed by atoms with Crippen molar-refractivity contribution in [2.75, 3.05) is 32.8 Å². The van der Waals surface area contributed by atoms with Crippen molar-refractivity contribution in [1.82, 2.24) is 4.90 Å². The first kappa shape index (κ1) is 12.8. The molecule has 0 atom stereocenters. The molecule has 15 heavy (non-hydrogen) atoms. The van der Waals surface area contributed by atoms with Crippen LogP contribution < -0.4 is 5.73 Å². The second-order valence-corrected chi connectivity index (χ2v) is 3.90. The summed E-state index contributed by atoms with van der Waals surface area (Å²) in [6, 6.07) is 0. The minimum absolute atomic E-state index is 0.102. The van der Waals surface area contributed by atoms with Gasteiger partial charge in [-0.2, -0.15) is 0 Å². The van der Waals surface area contributed by atoms with Gasteiger partial charge in [0, 0.05) is 19.7 Å². The highest BCUT2D eigenvalue weighted by Crippen LogP contribution is 2.14. The van der Waals surface area contributed by atoms with E-state index in [1.54, 1.807) is 4.90 Å². The Balaban J connectivity index is 2.07. The maximum Gasteiger partial charge on any atom is 0.251 e. The molecule has 0 spiro atoms. The first-order chi connectivity index (χ1) is 7.22. The van der Waals surface area contributed by atoms with E-state index in [0.717, 1.165) is 32.4 Å². The molecule has 1 rings (SSSR count). The number of halogens is 2. The highest BCUT2D eigenvalue weighted by Gasteiger charge is 2.21. The molecule has 2 N–H and O–H groups in total. The zero-order valence-electron chi connectivity index (χ0n) is 9.00. The minimum atomic E-state index is -2.22. The van der Waals surface area contributed by atoms with E-state index in [4.69, 9.17) is 10.5 Å². The first-order valence-corrected chi connectivity index (χ1v) is 5.54. The number of nitrogens with two attached hydrogens (primary N) is 1. The number of ether oxygens (including phenoxy) is 1. The van der Waals surface area contributed by atoms with Gasteiger partial charge >= 0.3 is 0 Å². The Bertz CT molecular complexity index is 162. The van der Waals surface area contributed by atoms with Crippen molar-refractivity contribution in [2.45, 2.75) is 31.8 Å². The molecule has 1 heterocycles. The van der Waals surface area contributed by atoms with E-state index in [2.05, 4.69) is 0 Å². The molecule has 1 fully saturated rings. The Morgan fingerprint density at radius 2 is 2.00 bits per heavy atom. The second kappa shape index (κ2) is 7.09. The predicted molar refractivity (Wildman–Crippen MR) is 55.1 cm³/mol. The van der Waals surface area contributed by atoms with Crippen LogP contribution in [0.4, 0.5) is 8.78 Å². The monoisotopic (exact) mass is 222 g/mol. The maximum atomic E-state index is 12.1. The Labute approximate surface area is 89.6 Å². The van der Waals surface area contributed by atoms with Gasteiger partial charge in [-0.3, -0.25) is 4.90 Å². The molecular weight excluding hydrogens is 202 g/mol. The van der Waals surface area contributed by atoms with Crippen molar-refractivity contribution >= 4 is 0 Å². The van der Waals surface area contributed by atoms with Crippen LogP contribution in [-0.4, -0.2) is 50.2 Å². The fourth-order valence-electron chi connectivity index (χ4n) is 1.79. The van der Waals surface area contributed by atoms with Crippen molar-refractivity contribution in [1.29, 1.82) is 0 Å². The summed E-state index contributed by atoms with van der Waals surface area (Å²) in [5.74, 6) is 0. The lowest BCUT2D eigenvalue weighted by Gasteiger charge is -2.31. The van der Waals surface area contributed by atoms with Crippen LogP contribution in [0.3, 0.4) is 0 Å². The average molecular weight is 222 g/mol. The SMILES string of the molecule is NCCCOC1CCN(CC(F)F)CC1. The van der Waals surface area contributed by atoms with Gasteiger partial charge in [0.05, 0.1) is 12.6 Å². The quantitative estimate of drug-likeness (QED) is 0.683. The van der Waals surface area contributed by atoms with Gasteiger partial charge in [0.2, 0.25) is 0 Å². The fourth-order valence-corrected chi connectivity index (χ4v) is 1.79. The van der Waals surface area contributed by atoms with Gasteiger partial charge in [0.1, 0.15) is 0 Å². The fraction of sp³-hybridized carbons (Fsp3) is 1.00. The lowest BCUT2D eigenvalue weighted by molar-refractivity contribution is -0.00619. The molecule has 0 saturated carbocycles. The lowest BCUT2D eigenvalue weighted by atomic mass is 10.1. The second-order valence-electron chi connectivity index (χ2n) is 3.90. The van der Waals surface area contributed by atoms with Crippen LogP contribution in [0, 0.1) is 0 Å². The molecule has 90 valence electrons. The number of hydrogen-bond acceptors (Lipinski definition) is 3. The molecule has 0 aromatic heterocycles. The van der Waals surface area contributed by atoms with Gasteiger partial charge in [-0.15, -0.1) is 0 Å². The third kappa shape index (κ3) is 5.39. The summed E-state index contributed by atoms with van der Waals surface area (Å²) in [4.78, 5) is 1.80. The van der Waals surface area contributed by atoms with Crippen LogP contribution in [0.2, 0.25) is 0 Å². The zero-order chi connectivity index (χ0) is 11.1. The summed E-state index contributed by atoms with van der Waals surface area (Å²) in [6.07, 6.45) is 0.608. The average Bonchev–Trinajstić information content (AvgIpc) is 2.20. The number of alkyl halides is 2. The number of likely N-dealkylation sites (tertiary alicyclic amines) is 1. The van der Waals surface area contributed by atoms with Crippen LogP contribution in [0.5, 0.6) is 0 Å². The first-order valence-electron chi connectivity index (χ1n) is 5.54. The third-order valence-electron chi connectivity index (χ3n) is 2.63. The van der Waals surface area contributed by atoms with Crippen molar-refractivity contribution in [3.63, 3.8) is 0 Å². The molecule has 1 aliphatic heterocycles. The van der Waals surface area contributed by atoms with E-state index in [1.165, 1.54) is 0 Å². The standard InChI is InChI=1S/C10H20F2N2O/c11-10(12)8-14-5-2-9(3-6-14)15-7-1-4-13/h9-10H,1-8,13H2. The summed E-state index contributed by atoms with van der Waals surface area (Å²) < 4.78 is 29.7. The van der Waals surface area contributed by atoms with Gasteiger partial charge in [0.15, 0.2) is 0 Å². The largest absolute Gasteiger partial charge is 0.378 e. The molecule has 0 radical (unpaired) electrons. The number of hydrogen-bond donors (Lipinski definition) is 1. The van der Waals surface area contributed by atoms with E-state index >= 15 is 0 Å². The van der Waals surface area contributed by atoms with Gasteiger partial charge in [-0.25, -0.2) is 8.78 Å². The van der Waals surface area contributed by atoms with Gasteiger partial charge in [-0.1, -0.05) is 0 Å². The van der Waals surface area contributed by atoms with E-state index < -0.39 is 6.43 Å². The normalized spacial score (nSPS) is 20.0. The molecule has 0 aliphatic carbocycles. The van der Waals surface area contributed by atoms with E-state index in [0.29, 0.717) is 13.2 Å². The Morgan fingerprint density at radius 1 is 1.33 bits per heavy atom. The highest BCUT2D eigenvalue weighted by molar-refractivity contribution is 4.72. The molecule has 0 amide bonds. The summed E-state index contributed by atoms with van der Waals surface area (Å²) in [7, 11) is 0. The van der Waals surface area contributed by atoms with Crippen molar-refractivity contribution in [3.8, 4) is 0 Å². The molecule has 5 heteroatoms. The zero-order valence-corrected chi connectivity index (χ0v) is 9.00. The van der Waals surface area contributed by atoms with Crippen LogP contribution in [0.25, 0.3) is 0 Å². The highest BCUT2D eigenvalue weighted by atomic mass is 19.3. The van der Waals surface area contributed by atoms with Gasteiger partial charge in [0.25, 0.3) is 6.43 Å². The van der Waals surface area contributed by atoms with Crippen molar-refractivity contribution in [3.05, 3.63) is 0 Å². The van der Waals surface area contributed by atoms with Crippen LogP contribution in [0.15, 0.2) is 0 Å². The number of piperidine rings is 1. The topological polar surface area (TPSA) is 38.5 Å². The van der Waals surface area contributed by atoms with E-state index in [9.17, 15) is 8.78 Å². The molecule has 1 saturated heterocycles. The van der Waals surface area contributed by atoms with Crippen LogP contribution >= 0.6 is 0 Å². The number of nitrogens with zero attached hydrogens (tertiary/aromatic N) is 1. The van der Waals surface area contributed by atoms with Gasteiger partial charge < -0.3 is 10.5 Å². The van der Waals surface area contributed by atoms with Crippen molar-refractivity contribution < 1.29 is 13.5 Å². The summed E-state index contributed by atoms with van der Waals surface area (Å²) in [6.45, 7) is 2.67. The number of rotatable bonds is 6.